The van der Waals surface area contributed by atoms with Crippen LogP contribution in [0.5, 0.6) is 0 Å². The Balaban J connectivity index is 1.93. The lowest BCUT2D eigenvalue weighted by atomic mass is 9.85. The van der Waals surface area contributed by atoms with Crippen LogP contribution in [0.15, 0.2) is 6.07 Å². The molecule has 1 fully saturated rings. The molecule has 0 atom stereocenters. The maximum atomic E-state index is 6.09. The molecule has 1 aromatic rings. The lowest BCUT2D eigenvalue weighted by Crippen LogP contribution is -2.47. The lowest BCUT2D eigenvalue weighted by Gasteiger charge is -2.41. The summed E-state index contributed by atoms with van der Waals surface area (Å²) in [6.45, 7) is 9.79. The largest absolute Gasteiger partial charge is 0.398 e. The van der Waals surface area contributed by atoms with Crippen LogP contribution in [0.4, 0.5) is 5.69 Å². The van der Waals surface area contributed by atoms with Crippen molar-refractivity contribution in [1.29, 1.82) is 0 Å². The molecule has 1 aliphatic heterocycles. The van der Waals surface area contributed by atoms with Crippen LogP contribution in [-0.2, 0) is 22.3 Å². The number of rotatable bonds is 0. The second-order valence-electron chi connectivity index (χ2n) is 6.70. The Hall–Kier alpha value is -1.06. The predicted molar refractivity (Wildman–Crippen MR) is 76.2 cm³/mol. The van der Waals surface area contributed by atoms with Gasteiger partial charge in [0, 0.05) is 11.1 Å². The first-order valence-corrected chi connectivity index (χ1v) is 6.97. The minimum Gasteiger partial charge on any atom is -0.398 e. The van der Waals surface area contributed by atoms with Crippen molar-refractivity contribution in [3.63, 3.8) is 0 Å². The van der Waals surface area contributed by atoms with Gasteiger partial charge in [0.25, 0.3) is 0 Å². The van der Waals surface area contributed by atoms with Crippen molar-refractivity contribution >= 4 is 5.69 Å². The number of nitrogens with two attached hydrogens (primary N) is 1. The molecule has 3 heteroatoms. The highest BCUT2D eigenvalue weighted by Crippen LogP contribution is 2.45. The molecular weight excluding hydrogens is 238 g/mol. The van der Waals surface area contributed by atoms with E-state index in [0.29, 0.717) is 0 Å². The molecule has 1 saturated heterocycles. The van der Waals surface area contributed by atoms with Crippen molar-refractivity contribution < 1.29 is 9.47 Å². The van der Waals surface area contributed by atoms with Crippen molar-refractivity contribution in [3.8, 4) is 0 Å². The number of benzene rings is 1. The van der Waals surface area contributed by atoms with E-state index in [2.05, 4.69) is 19.9 Å². The van der Waals surface area contributed by atoms with Gasteiger partial charge < -0.3 is 15.2 Å². The lowest BCUT2D eigenvalue weighted by molar-refractivity contribution is -0.283. The zero-order valence-electron chi connectivity index (χ0n) is 12.3. The third-order valence-corrected chi connectivity index (χ3v) is 4.65. The predicted octanol–water partition coefficient (Wildman–Crippen LogP) is 2.75. The Morgan fingerprint density at radius 1 is 1.05 bits per heavy atom. The molecule has 1 aromatic carbocycles. The summed E-state index contributed by atoms with van der Waals surface area (Å²) in [5.74, 6) is -0.441. The topological polar surface area (TPSA) is 44.5 Å². The first-order valence-electron chi connectivity index (χ1n) is 6.97. The second kappa shape index (κ2) is 3.97. The van der Waals surface area contributed by atoms with Crippen LogP contribution in [0.1, 0.15) is 36.1 Å². The number of nitrogen functional groups attached to an aromatic ring is 1. The van der Waals surface area contributed by atoms with E-state index in [-0.39, 0.29) is 5.41 Å². The Morgan fingerprint density at radius 3 is 2.26 bits per heavy atom. The number of ether oxygens (including phenoxy) is 2. The van der Waals surface area contributed by atoms with Gasteiger partial charge in [-0.2, -0.15) is 0 Å². The fraction of sp³-hybridized carbons (Fsp3) is 0.625. The standard InChI is InChI=1S/C16H23NO2/c1-10-5-14(17)11(2)13-7-16(6-12(10)13)8-18-15(3,4)19-9-16/h5H,6-9,17H2,1-4H3. The van der Waals surface area contributed by atoms with E-state index in [9.17, 15) is 0 Å². The molecule has 19 heavy (non-hydrogen) atoms. The van der Waals surface area contributed by atoms with Crippen molar-refractivity contribution in [3.05, 3.63) is 28.3 Å². The summed E-state index contributed by atoms with van der Waals surface area (Å²) in [4.78, 5) is 0. The summed E-state index contributed by atoms with van der Waals surface area (Å²) in [6.07, 6.45) is 2.07. The molecular formula is C16H23NO2. The van der Waals surface area contributed by atoms with Gasteiger partial charge >= 0.3 is 0 Å². The first-order chi connectivity index (χ1) is 8.82. The van der Waals surface area contributed by atoms with E-state index in [1.807, 2.05) is 13.8 Å². The van der Waals surface area contributed by atoms with E-state index in [1.54, 1.807) is 0 Å². The third kappa shape index (κ3) is 2.05. The number of fused-ring (bicyclic) bond motifs is 1. The molecule has 3 rings (SSSR count). The average molecular weight is 261 g/mol. The normalized spacial score (nSPS) is 23.6. The van der Waals surface area contributed by atoms with E-state index >= 15 is 0 Å². The summed E-state index contributed by atoms with van der Waals surface area (Å²) in [7, 11) is 0. The third-order valence-electron chi connectivity index (χ3n) is 4.65. The smallest absolute Gasteiger partial charge is 0.162 e. The molecule has 1 heterocycles. The van der Waals surface area contributed by atoms with E-state index in [0.717, 1.165) is 31.7 Å². The van der Waals surface area contributed by atoms with Gasteiger partial charge in [-0.15, -0.1) is 0 Å². The van der Waals surface area contributed by atoms with Gasteiger partial charge in [-0.25, -0.2) is 0 Å². The van der Waals surface area contributed by atoms with Crippen LogP contribution in [0.25, 0.3) is 0 Å². The van der Waals surface area contributed by atoms with E-state index in [4.69, 9.17) is 15.2 Å². The highest BCUT2D eigenvalue weighted by Gasteiger charge is 2.45. The zero-order chi connectivity index (χ0) is 13.8. The molecule has 1 aliphatic carbocycles. The minimum absolute atomic E-state index is 0.112. The Kier molecular flexibility index (Phi) is 2.70. The van der Waals surface area contributed by atoms with Crippen LogP contribution >= 0.6 is 0 Å². The van der Waals surface area contributed by atoms with Crippen LogP contribution in [-0.4, -0.2) is 19.0 Å². The summed E-state index contributed by atoms with van der Waals surface area (Å²) in [6, 6.07) is 2.10. The molecule has 0 bridgehead atoms. The molecule has 0 aromatic heterocycles. The first kappa shape index (κ1) is 12.9. The fourth-order valence-electron chi connectivity index (χ4n) is 3.31. The second-order valence-corrected chi connectivity index (χ2v) is 6.70. The van der Waals surface area contributed by atoms with Gasteiger partial charge in [0.05, 0.1) is 13.2 Å². The van der Waals surface area contributed by atoms with Crippen molar-refractivity contribution in [2.45, 2.75) is 46.3 Å². The van der Waals surface area contributed by atoms with Gasteiger partial charge in [-0.05, 0) is 68.9 Å². The van der Waals surface area contributed by atoms with Gasteiger partial charge in [0.15, 0.2) is 5.79 Å². The molecule has 2 aliphatic rings. The molecule has 104 valence electrons. The fourth-order valence-corrected chi connectivity index (χ4v) is 3.31. The molecule has 0 amide bonds. The Morgan fingerprint density at radius 2 is 1.63 bits per heavy atom. The van der Waals surface area contributed by atoms with Gasteiger partial charge in [-0.1, -0.05) is 0 Å². The SMILES string of the molecule is Cc1cc(N)c(C)c2c1CC1(COC(C)(C)OC1)C2. The Labute approximate surface area is 115 Å². The molecule has 0 unspecified atom stereocenters. The maximum Gasteiger partial charge on any atom is 0.162 e. The number of hydrogen-bond donors (Lipinski definition) is 1. The summed E-state index contributed by atoms with van der Waals surface area (Å²) < 4.78 is 11.8. The number of aryl methyl sites for hydroxylation is 1. The number of anilines is 1. The Bertz CT molecular complexity index is 524. The summed E-state index contributed by atoms with van der Waals surface area (Å²) in [5, 5.41) is 0. The molecule has 0 saturated carbocycles. The van der Waals surface area contributed by atoms with Crippen LogP contribution in [0, 0.1) is 19.3 Å². The average Bonchev–Trinajstić information content (AvgIpc) is 2.72. The zero-order valence-corrected chi connectivity index (χ0v) is 12.3. The van der Waals surface area contributed by atoms with Crippen LogP contribution in [0.3, 0.4) is 0 Å². The van der Waals surface area contributed by atoms with Gasteiger partial charge in [0.2, 0.25) is 0 Å². The van der Waals surface area contributed by atoms with Crippen molar-refractivity contribution in [1.82, 2.24) is 0 Å². The van der Waals surface area contributed by atoms with Crippen molar-refractivity contribution in [2.75, 3.05) is 18.9 Å². The quantitative estimate of drug-likeness (QED) is 0.730. The van der Waals surface area contributed by atoms with Crippen molar-refractivity contribution in [2.24, 2.45) is 5.41 Å². The molecule has 1 spiro atoms. The van der Waals surface area contributed by atoms with Gasteiger partial charge in [-0.3, -0.25) is 0 Å². The van der Waals surface area contributed by atoms with Crippen LogP contribution < -0.4 is 5.73 Å². The monoisotopic (exact) mass is 261 g/mol. The van der Waals surface area contributed by atoms with E-state index < -0.39 is 5.79 Å². The van der Waals surface area contributed by atoms with E-state index in [1.165, 1.54) is 22.3 Å². The molecule has 3 nitrogen and oxygen atoms in total. The number of hydrogen-bond acceptors (Lipinski definition) is 3. The molecule has 0 radical (unpaired) electrons. The summed E-state index contributed by atoms with van der Waals surface area (Å²) in [5.41, 5.74) is 12.5. The minimum atomic E-state index is -0.441. The highest BCUT2D eigenvalue weighted by molar-refractivity contribution is 5.58. The highest BCUT2D eigenvalue weighted by atomic mass is 16.7. The van der Waals surface area contributed by atoms with Crippen LogP contribution in [0.2, 0.25) is 0 Å². The van der Waals surface area contributed by atoms with Gasteiger partial charge in [0.1, 0.15) is 0 Å². The summed E-state index contributed by atoms with van der Waals surface area (Å²) >= 11 is 0. The molecule has 2 N–H and O–H groups in total. The maximum absolute atomic E-state index is 6.09.